The van der Waals surface area contributed by atoms with E-state index >= 15 is 0 Å². The number of carbonyl (C=O) groups is 1. The van der Waals surface area contributed by atoms with Crippen LogP contribution >= 0.6 is 27.7 Å². The first-order valence-electron chi connectivity index (χ1n) is 9.70. The molecule has 156 valence electrons. The normalized spacial score (nSPS) is 15.2. The molecule has 2 aromatic carbocycles. The van der Waals surface area contributed by atoms with Crippen LogP contribution in [0.15, 0.2) is 62.8 Å². The number of nitrogens with one attached hydrogen (secondary N) is 1. The number of nitrogens with zero attached hydrogens (tertiary/aromatic N) is 1. The van der Waals surface area contributed by atoms with Gasteiger partial charge in [-0.1, -0.05) is 30.7 Å². The summed E-state index contributed by atoms with van der Waals surface area (Å²) in [5.74, 6) is 0.631. The Morgan fingerprint density at radius 3 is 2.59 bits per heavy atom. The molecule has 0 spiro atoms. The number of sulfonamides is 1. The second-order valence-corrected chi connectivity index (χ2v) is 10.8. The lowest BCUT2D eigenvalue weighted by Gasteiger charge is -2.26. The molecule has 1 aliphatic heterocycles. The molecule has 1 saturated heterocycles. The van der Waals surface area contributed by atoms with Crippen LogP contribution in [0.3, 0.4) is 0 Å². The summed E-state index contributed by atoms with van der Waals surface area (Å²) in [6, 6.07) is 14.8. The molecule has 0 saturated carbocycles. The summed E-state index contributed by atoms with van der Waals surface area (Å²) in [6.45, 7) is 1.48. The summed E-state index contributed by atoms with van der Waals surface area (Å²) < 4.78 is 28.2. The van der Waals surface area contributed by atoms with Crippen molar-refractivity contribution in [3.63, 3.8) is 0 Å². The van der Waals surface area contributed by atoms with Crippen molar-refractivity contribution in [2.24, 2.45) is 0 Å². The van der Waals surface area contributed by atoms with Gasteiger partial charge in [0.1, 0.15) is 0 Å². The van der Waals surface area contributed by atoms with Crippen molar-refractivity contribution in [1.82, 2.24) is 9.62 Å². The van der Waals surface area contributed by atoms with E-state index in [2.05, 4.69) is 21.2 Å². The first kappa shape index (κ1) is 22.3. The van der Waals surface area contributed by atoms with Gasteiger partial charge in [0.25, 0.3) is 0 Å². The zero-order valence-electron chi connectivity index (χ0n) is 16.1. The van der Waals surface area contributed by atoms with E-state index < -0.39 is 10.0 Å². The molecule has 0 aromatic heterocycles. The molecule has 0 unspecified atom stereocenters. The summed E-state index contributed by atoms with van der Waals surface area (Å²) in [6.07, 6.45) is 3.30. The molecule has 0 aliphatic carbocycles. The lowest BCUT2D eigenvalue weighted by Crippen LogP contribution is -2.35. The van der Waals surface area contributed by atoms with Crippen molar-refractivity contribution < 1.29 is 13.2 Å². The van der Waals surface area contributed by atoms with E-state index in [1.165, 1.54) is 0 Å². The second-order valence-electron chi connectivity index (χ2n) is 6.92. The van der Waals surface area contributed by atoms with Gasteiger partial charge in [-0.2, -0.15) is 4.31 Å². The van der Waals surface area contributed by atoms with Gasteiger partial charge >= 0.3 is 0 Å². The van der Waals surface area contributed by atoms with Crippen molar-refractivity contribution >= 4 is 43.6 Å². The van der Waals surface area contributed by atoms with Gasteiger partial charge in [0, 0.05) is 41.2 Å². The number of hydrogen-bond donors (Lipinski definition) is 1. The smallest absolute Gasteiger partial charge is 0.243 e. The van der Waals surface area contributed by atoms with E-state index in [1.807, 2.05) is 30.3 Å². The van der Waals surface area contributed by atoms with Crippen LogP contribution in [0.1, 0.15) is 31.2 Å². The first-order chi connectivity index (χ1) is 14.0. The highest BCUT2D eigenvalue weighted by atomic mass is 79.9. The predicted molar refractivity (Wildman–Crippen MR) is 120 cm³/mol. The molecule has 1 amide bonds. The average Bonchev–Trinajstić information content (AvgIpc) is 2.74. The number of hydrogen-bond acceptors (Lipinski definition) is 4. The highest BCUT2D eigenvalue weighted by Crippen LogP contribution is 2.27. The van der Waals surface area contributed by atoms with E-state index in [9.17, 15) is 13.2 Å². The van der Waals surface area contributed by atoms with Crippen molar-refractivity contribution in [2.45, 2.75) is 42.0 Å². The molecule has 29 heavy (non-hydrogen) atoms. The maximum Gasteiger partial charge on any atom is 0.243 e. The summed E-state index contributed by atoms with van der Waals surface area (Å²) in [4.78, 5) is 13.6. The largest absolute Gasteiger partial charge is 0.352 e. The third-order valence-electron chi connectivity index (χ3n) is 4.76. The molecular formula is C21H25BrN2O3S2. The van der Waals surface area contributed by atoms with Gasteiger partial charge < -0.3 is 5.32 Å². The molecule has 0 atom stereocenters. The Hall–Kier alpha value is -1.35. The number of benzene rings is 2. The van der Waals surface area contributed by atoms with E-state index in [1.54, 1.807) is 34.3 Å². The van der Waals surface area contributed by atoms with E-state index in [4.69, 9.17) is 0 Å². The van der Waals surface area contributed by atoms with Gasteiger partial charge in [-0.25, -0.2) is 8.42 Å². The van der Waals surface area contributed by atoms with Crippen molar-refractivity contribution in [1.29, 1.82) is 0 Å². The Balaban J connectivity index is 1.51. The lowest BCUT2D eigenvalue weighted by atomic mass is 10.2. The van der Waals surface area contributed by atoms with Crippen molar-refractivity contribution in [2.75, 3.05) is 18.8 Å². The predicted octanol–water partition coefficient (Wildman–Crippen LogP) is 4.42. The van der Waals surface area contributed by atoms with Gasteiger partial charge in [0.05, 0.1) is 4.90 Å². The minimum Gasteiger partial charge on any atom is -0.352 e. The minimum absolute atomic E-state index is 0.0474. The Bertz CT molecular complexity index is 944. The van der Waals surface area contributed by atoms with Gasteiger partial charge in [-0.05, 0) is 58.6 Å². The highest BCUT2D eigenvalue weighted by molar-refractivity contribution is 9.10. The molecule has 1 aliphatic rings. The van der Waals surface area contributed by atoms with Crippen molar-refractivity contribution in [3.8, 4) is 0 Å². The van der Waals surface area contributed by atoms with Gasteiger partial charge in [-0.3, -0.25) is 4.79 Å². The summed E-state index contributed by atoms with van der Waals surface area (Å²) in [5, 5.41) is 2.89. The number of amides is 1. The van der Waals surface area contributed by atoms with E-state index in [0.29, 0.717) is 36.7 Å². The quantitative estimate of drug-likeness (QED) is 0.549. The molecule has 3 rings (SSSR count). The maximum atomic E-state index is 12.8. The molecule has 0 radical (unpaired) electrons. The monoisotopic (exact) mass is 496 g/mol. The van der Waals surface area contributed by atoms with Crippen LogP contribution in [-0.4, -0.2) is 37.5 Å². The topological polar surface area (TPSA) is 66.5 Å². The molecule has 1 fully saturated rings. The van der Waals surface area contributed by atoms with Crippen LogP contribution in [0.2, 0.25) is 0 Å². The van der Waals surface area contributed by atoms with Crippen LogP contribution in [-0.2, 0) is 21.4 Å². The average molecular weight is 497 g/mol. The van der Waals surface area contributed by atoms with Crippen LogP contribution in [0, 0.1) is 0 Å². The fourth-order valence-corrected chi connectivity index (χ4v) is 6.28. The molecule has 1 N–H and O–H groups in total. The zero-order chi connectivity index (χ0) is 20.7. The number of carbonyl (C=O) groups excluding carboxylic acids is 1. The van der Waals surface area contributed by atoms with Crippen LogP contribution in [0.4, 0.5) is 0 Å². The molecule has 0 bridgehead atoms. The van der Waals surface area contributed by atoms with Gasteiger partial charge in [0.2, 0.25) is 15.9 Å². The maximum absolute atomic E-state index is 12.8. The molecule has 1 heterocycles. The molecular weight excluding hydrogens is 472 g/mol. The SMILES string of the molecule is O=C(CCSc1ccccc1Br)NCc1cccc(S(=O)(=O)N2CCCCC2)c1. The van der Waals surface area contributed by atoms with E-state index in [-0.39, 0.29) is 5.91 Å². The number of rotatable bonds is 8. The van der Waals surface area contributed by atoms with E-state index in [0.717, 1.165) is 34.2 Å². The second kappa shape index (κ2) is 10.6. The summed E-state index contributed by atoms with van der Waals surface area (Å²) >= 11 is 5.13. The summed E-state index contributed by atoms with van der Waals surface area (Å²) in [5.41, 5.74) is 0.787. The highest BCUT2D eigenvalue weighted by Gasteiger charge is 2.25. The molecule has 8 heteroatoms. The van der Waals surface area contributed by atoms with Gasteiger partial charge in [0.15, 0.2) is 0 Å². The molecule has 5 nitrogen and oxygen atoms in total. The number of thioether (sulfide) groups is 1. The zero-order valence-corrected chi connectivity index (χ0v) is 19.4. The third-order valence-corrected chi connectivity index (χ3v) is 8.69. The molecule has 2 aromatic rings. The Labute approximate surface area is 185 Å². The third kappa shape index (κ3) is 6.31. The fraction of sp³-hybridized carbons (Fsp3) is 0.381. The van der Waals surface area contributed by atoms with Crippen LogP contribution in [0.25, 0.3) is 0 Å². The first-order valence-corrected chi connectivity index (χ1v) is 12.9. The number of piperidine rings is 1. The minimum atomic E-state index is -3.46. The van der Waals surface area contributed by atoms with Crippen LogP contribution < -0.4 is 5.32 Å². The number of halogens is 1. The van der Waals surface area contributed by atoms with Crippen molar-refractivity contribution in [3.05, 3.63) is 58.6 Å². The van der Waals surface area contributed by atoms with Crippen LogP contribution in [0.5, 0.6) is 0 Å². The summed E-state index contributed by atoms with van der Waals surface area (Å²) in [7, 11) is -3.46. The standard InChI is InChI=1S/C21H25BrN2O3S2/c22-19-9-2-3-10-20(19)28-14-11-21(25)23-16-17-7-6-8-18(15-17)29(26,27)24-12-4-1-5-13-24/h2-3,6-10,15H,1,4-5,11-14,16H2,(H,23,25). The Morgan fingerprint density at radius 2 is 1.83 bits per heavy atom. The Kier molecular flexibility index (Phi) is 8.17. The fourth-order valence-electron chi connectivity index (χ4n) is 3.17. The lowest BCUT2D eigenvalue weighted by molar-refractivity contribution is -0.120. The Morgan fingerprint density at radius 1 is 1.07 bits per heavy atom. The van der Waals surface area contributed by atoms with Gasteiger partial charge in [-0.15, -0.1) is 11.8 Å².